The Morgan fingerprint density at radius 2 is 1.75 bits per heavy atom. The molecule has 16 heavy (non-hydrogen) atoms. The highest BCUT2D eigenvalue weighted by Crippen LogP contribution is 2.21. The maximum Gasteiger partial charge on any atom is 0.313 e. The third-order valence-corrected chi connectivity index (χ3v) is 2.41. The molecular weight excluding hydrogens is 200 g/mol. The molecule has 0 radical (unpaired) electrons. The summed E-state index contributed by atoms with van der Waals surface area (Å²) in [6.07, 6.45) is 0. The first kappa shape index (κ1) is 10.7. The van der Waals surface area contributed by atoms with E-state index in [1.54, 1.807) is 0 Å². The van der Waals surface area contributed by atoms with Crippen molar-refractivity contribution in [3.63, 3.8) is 0 Å². The van der Waals surface area contributed by atoms with Crippen molar-refractivity contribution in [3.8, 4) is 5.75 Å². The summed E-state index contributed by atoms with van der Waals surface area (Å²) in [7, 11) is 0. The van der Waals surface area contributed by atoms with E-state index in [1.165, 1.54) is 0 Å². The Morgan fingerprint density at radius 3 is 2.44 bits per heavy atom. The number of fused-ring (bicyclic) bond motifs is 1. The SMILES string of the molecule is CC(C)C(=O)Oc1ccc2ccccc2c1. The number of carbonyl (C=O) groups excluding carboxylic acids is 1. The summed E-state index contributed by atoms with van der Waals surface area (Å²) in [6, 6.07) is 13.7. The minimum absolute atomic E-state index is 0.105. The Bertz CT molecular complexity index is 515. The number of carbonyl (C=O) groups is 1. The first-order valence-corrected chi connectivity index (χ1v) is 5.37. The van der Waals surface area contributed by atoms with E-state index in [0.717, 1.165) is 10.8 Å². The van der Waals surface area contributed by atoms with Gasteiger partial charge in [0.1, 0.15) is 5.75 Å². The molecule has 0 saturated carbocycles. The number of rotatable bonds is 2. The molecule has 2 aromatic rings. The maximum atomic E-state index is 11.4. The summed E-state index contributed by atoms with van der Waals surface area (Å²) in [5.41, 5.74) is 0. The molecule has 0 aliphatic heterocycles. The summed E-state index contributed by atoms with van der Waals surface area (Å²) >= 11 is 0. The summed E-state index contributed by atoms with van der Waals surface area (Å²) in [5, 5.41) is 2.23. The number of hydrogen-bond acceptors (Lipinski definition) is 2. The lowest BCUT2D eigenvalue weighted by Gasteiger charge is -2.07. The third kappa shape index (κ3) is 2.22. The van der Waals surface area contributed by atoms with E-state index in [9.17, 15) is 4.79 Å². The van der Waals surface area contributed by atoms with Crippen LogP contribution in [0.2, 0.25) is 0 Å². The van der Waals surface area contributed by atoms with E-state index < -0.39 is 0 Å². The molecule has 0 bridgehead atoms. The van der Waals surface area contributed by atoms with Crippen molar-refractivity contribution in [3.05, 3.63) is 42.5 Å². The van der Waals surface area contributed by atoms with Crippen LogP contribution in [0.3, 0.4) is 0 Å². The average molecular weight is 214 g/mol. The zero-order chi connectivity index (χ0) is 11.5. The van der Waals surface area contributed by atoms with Crippen LogP contribution in [0.15, 0.2) is 42.5 Å². The number of benzene rings is 2. The van der Waals surface area contributed by atoms with E-state index in [4.69, 9.17) is 4.74 Å². The fraction of sp³-hybridized carbons (Fsp3) is 0.214. The zero-order valence-electron chi connectivity index (χ0n) is 9.44. The molecular formula is C14H14O2. The molecule has 0 heterocycles. The van der Waals surface area contributed by atoms with Crippen LogP contribution in [0.5, 0.6) is 5.75 Å². The van der Waals surface area contributed by atoms with Gasteiger partial charge in [0.25, 0.3) is 0 Å². The van der Waals surface area contributed by atoms with Crippen LogP contribution in [-0.4, -0.2) is 5.97 Å². The van der Waals surface area contributed by atoms with Crippen molar-refractivity contribution in [1.82, 2.24) is 0 Å². The van der Waals surface area contributed by atoms with Crippen LogP contribution in [-0.2, 0) is 4.79 Å². The van der Waals surface area contributed by atoms with Gasteiger partial charge in [-0.15, -0.1) is 0 Å². The Kier molecular flexibility index (Phi) is 2.91. The van der Waals surface area contributed by atoms with Crippen molar-refractivity contribution in [1.29, 1.82) is 0 Å². The van der Waals surface area contributed by atoms with Crippen molar-refractivity contribution in [2.45, 2.75) is 13.8 Å². The van der Waals surface area contributed by atoms with Gasteiger partial charge >= 0.3 is 5.97 Å². The molecule has 2 heteroatoms. The molecule has 0 aliphatic carbocycles. The van der Waals surface area contributed by atoms with Crippen LogP contribution in [0, 0.1) is 5.92 Å². The number of esters is 1. The smallest absolute Gasteiger partial charge is 0.313 e. The Labute approximate surface area is 94.8 Å². The summed E-state index contributed by atoms with van der Waals surface area (Å²) in [4.78, 5) is 11.4. The van der Waals surface area contributed by atoms with Gasteiger partial charge in [-0.1, -0.05) is 44.2 Å². The van der Waals surface area contributed by atoms with Gasteiger partial charge < -0.3 is 4.74 Å². The molecule has 2 rings (SSSR count). The molecule has 0 N–H and O–H groups in total. The Hall–Kier alpha value is -1.83. The van der Waals surface area contributed by atoms with Gasteiger partial charge in [0.05, 0.1) is 5.92 Å². The minimum atomic E-state index is -0.199. The maximum absolute atomic E-state index is 11.4. The minimum Gasteiger partial charge on any atom is -0.426 e. The molecule has 2 nitrogen and oxygen atoms in total. The lowest BCUT2D eigenvalue weighted by atomic mass is 10.1. The van der Waals surface area contributed by atoms with Crippen LogP contribution >= 0.6 is 0 Å². The number of ether oxygens (including phenoxy) is 1. The second-order valence-corrected chi connectivity index (χ2v) is 4.08. The highest BCUT2D eigenvalue weighted by atomic mass is 16.5. The molecule has 0 fully saturated rings. The fourth-order valence-electron chi connectivity index (χ4n) is 1.46. The van der Waals surface area contributed by atoms with Crippen LogP contribution in [0.1, 0.15) is 13.8 Å². The highest BCUT2D eigenvalue weighted by Gasteiger charge is 2.09. The normalized spacial score (nSPS) is 10.7. The van der Waals surface area contributed by atoms with E-state index in [0.29, 0.717) is 5.75 Å². The first-order valence-electron chi connectivity index (χ1n) is 5.37. The summed E-state index contributed by atoms with van der Waals surface area (Å²) in [5.74, 6) is 0.305. The highest BCUT2D eigenvalue weighted by molar-refractivity contribution is 5.84. The van der Waals surface area contributed by atoms with Gasteiger partial charge in [-0.2, -0.15) is 0 Å². The Balaban J connectivity index is 2.29. The van der Waals surface area contributed by atoms with E-state index in [1.807, 2.05) is 56.3 Å². The molecule has 2 aromatic carbocycles. The molecule has 0 aliphatic rings. The van der Waals surface area contributed by atoms with Crippen molar-refractivity contribution < 1.29 is 9.53 Å². The predicted molar refractivity (Wildman–Crippen MR) is 64.4 cm³/mol. The van der Waals surface area contributed by atoms with E-state index in [2.05, 4.69) is 0 Å². The molecule has 0 amide bonds. The molecule has 0 unspecified atom stereocenters. The summed E-state index contributed by atoms with van der Waals surface area (Å²) < 4.78 is 5.24. The monoisotopic (exact) mass is 214 g/mol. The van der Waals surface area contributed by atoms with Gasteiger partial charge in [0.15, 0.2) is 0 Å². The van der Waals surface area contributed by atoms with E-state index >= 15 is 0 Å². The molecule has 0 spiro atoms. The van der Waals surface area contributed by atoms with Gasteiger partial charge in [0.2, 0.25) is 0 Å². The Morgan fingerprint density at radius 1 is 1.06 bits per heavy atom. The van der Waals surface area contributed by atoms with E-state index in [-0.39, 0.29) is 11.9 Å². The van der Waals surface area contributed by atoms with Crippen molar-refractivity contribution in [2.75, 3.05) is 0 Å². The lowest BCUT2D eigenvalue weighted by Crippen LogP contribution is -2.14. The number of hydrogen-bond donors (Lipinski definition) is 0. The van der Waals surface area contributed by atoms with Crippen LogP contribution in [0.4, 0.5) is 0 Å². The van der Waals surface area contributed by atoms with Crippen molar-refractivity contribution in [2.24, 2.45) is 5.92 Å². The largest absolute Gasteiger partial charge is 0.426 e. The standard InChI is InChI=1S/C14H14O2/c1-10(2)14(15)16-13-8-7-11-5-3-4-6-12(11)9-13/h3-10H,1-2H3. The van der Waals surface area contributed by atoms with Crippen LogP contribution < -0.4 is 4.74 Å². The second kappa shape index (κ2) is 4.35. The topological polar surface area (TPSA) is 26.3 Å². The molecule has 82 valence electrons. The fourth-order valence-corrected chi connectivity index (χ4v) is 1.46. The van der Waals surface area contributed by atoms with Crippen molar-refractivity contribution >= 4 is 16.7 Å². The van der Waals surface area contributed by atoms with Gasteiger partial charge in [-0.3, -0.25) is 4.79 Å². The van der Waals surface area contributed by atoms with Gasteiger partial charge in [0, 0.05) is 0 Å². The zero-order valence-corrected chi connectivity index (χ0v) is 9.44. The quantitative estimate of drug-likeness (QED) is 0.565. The van der Waals surface area contributed by atoms with Crippen LogP contribution in [0.25, 0.3) is 10.8 Å². The van der Waals surface area contributed by atoms with Gasteiger partial charge in [-0.25, -0.2) is 0 Å². The summed E-state index contributed by atoms with van der Waals surface area (Å²) in [6.45, 7) is 3.65. The lowest BCUT2D eigenvalue weighted by molar-refractivity contribution is -0.137. The average Bonchev–Trinajstić information content (AvgIpc) is 2.28. The third-order valence-electron chi connectivity index (χ3n) is 2.41. The molecule has 0 aromatic heterocycles. The predicted octanol–water partition coefficient (Wildman–Crippen LogP) is 3.40. The molecule has 0 atom stereocenters. The van der Waals surface area contributed by atoms with Gasteiger partial charge in [-0.05, 0) is 22.9 Å². The molecule has 0 saturated heterocycles. The second-order valence-electron chi connectivity index (χ2n) is 4.08. The first-order chi connectivity index (χ1) is 7.66.